The van der Waals surface area contributed by atoms with Gasteiger partial charge in [0, 0.05) is 53.7 Å². The average molecular weight is 921 g/mol. The Kier molecular flexibility index (Phi) is 9.75. The fraction of sp³-hybridized carbons (Fsp3) is 0. The highest BCUT2D eigenvalue weighted by atomic mass is 32.1. The molecule has 0 fully saturated rings. The molecule has 14 rings (SSSR count). The second-order valence-electron chi connectivity index (χ2n) is 18.6. The Morgan fingerprint density at radius 3 is 1.58 bits per heavy atom. The number of hydrogen-bond acceptors (Lipinski definition) is 2. The van der Waals surface area contributed by atoms with E-state index in [0.29, 0.717) is 0 Å². The van der Waals surface area contributed by atoms with Gasteiger partial charge in [-0.3, -0.25) is 0 Å². The molecule has 14 aromatic rings. The minimum Gasteiger partial charge on any atom is -0.310 e. The molecule has 0 aliphatic heterocycles. The summed E-state index contributed by atoms with van der Waals surface area (Å²) in [4.78, 5) is 2.44. The van der Waals surface area contributed by atoms with E-state index in [1.165, 1.54) is 91.3 Å². The standard InChI is InChI=1S/C68H44N2S/c1-3-13-45(14-4-1)47-27-32-58(33-28-47)69(59-34-29-51-38-50(25-26-52(51)40-59)49-24-23-46-15-7-8-16-48(46)37-49)60-41-55(53-31-36-68-64(43-53)63-20-10-12-22-67(63)71-68)39-56(42-60)54-30-35-62-61-19-9-11-21-65(61)70(66(62)44-54)57-17-5-2-6-18-57/h1-44H. The highest BCUT2D eigenvalue weighted by Gasteiger charge is 2.19. The summed E-state index contributed by atoms with van der Waals surface area (Å²) in [6.07, 6.45) is 0. The lowest BCUT2D eigenvalue weighted by Crippen LogP contribution is -2.10. The van der Waals surface area contributed by atoms with Crippen LogP contribution >= 0.6 is 11.3 Å². The summed E-state index contributed by atoms with van der Waals surface area (Å²) in [6, 6.07) is 98.4. The lowest BCUT2D eigenvalue weighted by Gasteiger charge is -2.27. The van der Waals surface area contributed by atoms with Crippen LogP contribution in [0, 0.1) is 0 Å². The van der Waals surface area contributed by atoms with Crippen LogP contribution in [0.1, 0.15) is 0 Å². The highest BCUT2D eigenvalue weighted by Crippen LogP contribution is 2.44. The molecule has 3 heteroatoms. The summed E-state index contributed by atoms with van der Waals surface area (Å²) >= 11 is 1.86. The van der Waals surface area contributed by atoms with Gasteiger partial charge in [0.2, 0.25) is 0 Å². The van der Waals surface area contributed by atoms with Crippen molar-refractivity contribution in [2.24, 2.45) is 0 Å². The van der Waals surface area contributed by atoms with Crippen molar-refractivity contribution in [2.45, 2.75) is 0 Å². The number of rotatable bonds is 8. The molecule has 0 aliphatic rings. The zero-order valence-electron chi connectivity index (χ0n) is 38.7. The van der Waals surface area contributed by atoms with Crippen molar-refractivity contribution < 1.29 is 0 Å². The first-order valence-corrected chi connectivity index (χ1v) is 25.1. The van der Waals surface area contributed by atoms with Crippen LogP contribution in [0.25, 0.3) is 114 Å². The number of anilines is 3. The Labute approximate surface area is 416 Å². The first-order chi connectivity index (χ1) is 35.1. The number of hydrogen-bond donors (Lipinski definition) is 0. The SMILES string of the molecule is c1ccc(-c2ccc(N(c3cc(-c4ccc5sc6ccccc6c5c4)cc(-c4ccc5c6ccccc6n(-c6ccccc6)c5c4)c3)c3ccc4cc(-c5ccc6ccccc6c5)ccc4c3)cc2)cc1. The molecule has 0 atom stereocenters. The number of thiophene rings is 1. The van der Waals surface area contributed by atoms with E-state index in [9.17, 15) is 0 Å². The van der Waals surface area contributed by atoms with Crippen molar-refractivity contribution in [3.8, 4) is 50.2 Å². The maximum Gasteiger partial charge on any atom is 0.0547 e. The van der Waals surface area contributed by atoms with Gasteiger partial charge in [0.05, 0.1) is 11.0 Å². The van der Waals surface area contributed by atoms with Gasteiger partial charge in [0.25, 0.3) is 0 Å². The van der Waals surface area contributed by atoms with Gasteiger partial charge >= 0.3 is 0 Å². The van der Waals surface area contributed by atoms with Gasteiger partial charge in [-0.2, -0.15) is 0 Å². The molecule has 71 heavy (non-hydrogen) atoms. The minimum absolute atomic E-state index is 1.08. The molecular weight excluding hydrogens is 877 g/mol. The Bertz CT molecular complexity index is 4340. The first kappa shape index (κ1) is 41.0. The number of nitrogens with zero attached hydrogens (tertiary/aromatic N) is 2. The number of fused-ring (bicyclic) bond motifs is 8. The normalized spacial score (nSPS) is 11.7. The van der Waals surface area contributed by atoms with E-state index in [1.54, 1.807) is 0 Å². The summed E-state index contributed by atoms with van der Waals surface area (Å²) < 4.78 is 5.02. The Balaban J connectivity index is 0.975. The van der Waals surface area contributed by atoms with Gasteiger partial charge in [0.1, 0.15) is 0 Å². The van der Waals surface area contributed by atoms with Crippen molar-refractivity contribution in [3.05, 3.63) is 267 Å². The zero-order chi connectivity index (χ0) is 46.8. The molecule has 0 amide bonds. The Morgan fingerprint density at radius 1 is 0.254 bits per heavy atom. The molecule has 2 nitrogen and oxygen atoms in total. The predicted molar refractivity (Wildman–Crippen MR) is 305 cm³/mol. The van der Waals surface area contributed by atoms with Gasteiger partial charge in [0.15, 0.2) is 0 Å². The molecule has 0 bridgehead atoms. The highest BCUT2D eigenvalue weighted by molar-refractivity contribution is 7.25. The van der Waals surface area contributed by atoms with E-state index < -0.39 is 0 Å². The van der Waals surface area contributed by atoms with Crippen LogP contribution in [0.5, 0.6) is 0 Å². The molecule has 0 N–H and O–H groups in total. The molecule has 0 spiro atoms. The van der Waals surface area contributed by atoms with Crippen LogP contribution in [-0.4, -0.2) is 4.57 Å². The van der Waals surface area contributed by atoms with Crippen molar-refractivity contribution >= 4 is 91.9 Å². The van der Waals surface area contributed by atoms with Crippen LogP contribution in [0.15, 0.2) is 267 Å². The minimum atomic E-state index is 1.08. The largest absolute Gasteiger partial charge is 0.310 e. The summed E-state index contributed by atoms with van der Waals surface area (Å²) in [5.41, 5.74) is 16.2. The van der Waals surface area contributed by atoms with E-state index in [-0.39, 0.29) is 0 Å². The predicted octanol–water partition coefficient (Wildman–Crippen LogP) is 19.6. The van der Waals surface area contributed by atoms with Gasteiger partial charge < -0.3 is 9.47 Å². The smallest absolute Gasteiger partial charge is 0.0547 e. The third kappa shape index (κ3) is 7.26. The van der Waals surface area contributed by atoms with Crippen LogP contribution in [0.2, 0.25) is 0 Å². The molecule has 0 radical (unpaired) electrons. The third-order valence-corrected chi connectivity index (χ3v) is 15.5. The van der Waals surface area contributed by atoms with E-state index in [4.69, 9.17) is 0 Å². The maximum absolute atomic E-state index is 2.44. The van der Waals surface area contributed by atoms with Gasteiger partial charge in [-0.25, -0.2) is 0 Å². The fourth-order valence-corrected chi connectivity index (χ4v) is 11.9. The lowest BCUT2D eigenvalue weighted by atomic mass is 9.95. The van der Waals surface area contributed by atoms with Gasteiger partial charge in [-0.1, -0.05) is 170 Å². The summed E-state index contributed by atoms with van der Waals surface area (Å²) in [6.45, 7) is 0. The van der Waals surface area contributed by atoms with Crippen molar-refractivity contribution in [2.75, 3.05) is 4.90 Å². The topological polar surface area (TPSA) is 8.17 Å². The summed E-state index contributed by atoms with van der Waals surface area (Å²) in [5, 5.41) is 9.95. The van der Waals surface area contributed by atoms with Gasteiger partial charge in [-0.05, 0) is 163 Å². The number of para-hydroxylation sites is 2. The maximum atomic E-state index is 2.44. The molecule has 12 aromatic carbocycles. The number of aromatic nitrogens is 1. The van der Waals surface area contributed by atoms with E-state index in [0.717, 1.165) is 39.4 Å². The Hall–Kier alpha value is -9.02. The molecule has 0 aliphatic carbocycles. The first-order valence-electron chi connectivity index (χ1n) is 24.3. The molecule has 2 aromatic heterocycles. The molecule has 0 unspecified atom stereocenters. The molecule has 332 valence electrons. The van der Waals surface area contributed by atoms with Crippen LogP contribution < -0.4 is 4.90 Å². The third-order valence-electron chi connectivity index (χ3n) is 14.3. The summed E-state index contributed by atoms with van der Waals surface area (Å²) in [7, 11) is 0. The second-order valence-corrected chi connectivity index (χ2v) is 19.6. The summed E-state index contributed by atoms with van der Waals surface area (Å²) in [5.74, 6) is 0. The van der Waals surface area contributed by atoms with Crippen LogP contribution in [0.3, 0.4) is 0 Å². The Morgan fingerprint density at radius 2 is 0.775 bits per heavy atom. The van der Waals surface area contributed by atoms with Crippen LogP contribution in [0.4, 0.5) is 17.1 Å². The van der Waals surface area contributed by atoms with Crippen LogP contribution in [-0.2, 0) is 0 Å². The van der Waals surface area contributed by atoms with E-state index in [1.807, 2.05) is 11.3 Å². The monoisotopic (exact) mass is 920 g/mol. The lowest BCUT2D eigenvalue weighted by molar-refractivity contribution is 1.18. The van der Waals surface area contributed by atoms with Crippen molar-refractivity contribution in [3.63, 3.8) is 0 Å². The molecule has 0 saturated heterocycles. The number of benzene rings is 12. The van der Waals surface area contributed by atoms with Gasteiger partial charge in [-0.15, -0.1) is 11.3 Å². The quantitative estimate of drug-likeness (QED) is 0.147. The molecular formula is C68H44N2S. The van der Waals surface area contributed by atoms with E-state index >= 15 is 0 Å². The van der Waals surface area contributed by atoms with Crippen molar-refractivity contribution in [1.82, 2.24) is 4.57 Å². The van der Waals surface area contributed by atoms with E-state index in [2.05, 4.69) is 276 Å². The molecule has 0 saturated carbocycles. The molecule has 2 heterocycles. The average Bonchev–Trinajstić information content (AvgIpc) is 3.98. The second kappa shape index (κ2) is 16.9. The van der Waals surface area contributed by atoms with Crippen molar-refractivity contribution in [1.29, 1.82) is 0 Å². The fourth-order valence-electron chi connectivity index (χ4n) is 10.8. The zero-order valence-corrected chi connectivity index (χ0v) is 39.5.